The Kier molecular flexibility index (Phi) is 4.85. The van der Waals surface area contributed by atoms with Gasteiger partial charge in [-0.25, -0.2) is 0 Å². The summed E-state index contributed by atoms with van der Waals surface area (Å²) in [5.74, 6) is 0.0213. The lowest BCUT2D eigenvalue weighted by Crippen LogP contribution is -2.48. The zero-order valence-corrected chi connectivity index (χ0v) is 13.1. The number of morpholine rings is 1. The van der Waals surface area contributed by atoms with E-state index in [4.69, 9.17) is 10.5 Å². The standard InChI is InChI=1S/C16H25N3O2/c1-12-4-5-13(17)10-14(12)18-15(20)6-7-19-8-9-21-16(2,3)11-19/h4-5,10H,6-9,11,17H2,1-3H3,(H,18,20). The van der Waals surface area contributed by atoms with Gasteiger partial charge in [-0.2, -0.15) is 0 Å². The third-order valence-corrected chi connectivity index (χ3v) is 3.70. The van der Waals surface area contributed by atoms with E-state index in [2.05, 4.69) is 24.1 Å². The van der Waals surface area contributed by atoms with Crippen LogP contribution in [-0.4, -0.2) is 42.6 Å². The number of nitrogens with two attached hydrogens (primary N) is 1. The fraction of sp³-hybridized carbons (Fsp3) is 0.562. The van der Waals surface area contributed by atoms with Gasteiger partial charge in [0.05, 0.1) is 12.2 Å². The Hall–Kier alpha value is -1.59. The number of hydrogen-bond donors (Lipinski definition) is 2. The van der Waals surface area contributed by atoms with Crippen molar-refractivity contribution in [1.82, 2.24) is 4.90 Å². The van der Waals surface area contributed by atoms with Crippen LogP contribution in [0.1, 0.15) is 25.8 Å². The van der Waals surface area contributed by atoms with Crippen LogP contribution in [0.15, 0.2) is 18.2 Å². The minimum atomic E-state index is -0.126. The number of benzene rings is 1. The normalized spacial score (nSPS) is 18.4. The summed E-state index contributed by atoms with van der Waals surface area (Å²) in [5, 5.41) is 2.93. The molecule has 116 valence electrons. The van der Waals surface area contributed by atoms with Gasteiger partial charge in [0.25, 0.3) is 0 Å². The third-order valence-electron chi connectivity index (χ3n) is 3.70. The minimum absolute atomic E-state index is 0.0213. The molecule has 0 saturated carbocycles. The summed E-state index contributed by atoms with van der Waals surface area (Å²) in [4.78, 5) is 14.3. The number of carbonyl (C=O) groups is 1. The highest BCUT2D eigenvalue weighted by Gasteiger charge is 2.27. The number of nitrogen functional groups attached to an aromatic ring is 1. The number of aryl methyl sites for hydroxylation is 1. The summed E-state index contributed by atoms with van der Waals surface area (Å²) >= 11 is 0. The van der Waals surface area contributed by atoms with Crippen LogP contribution in [0, 0.1) is 6.92 Å². The number of rotatable bonds is 4. The molecule has 1 aliphatic rings. The summed E-state index contributed by atoms with van der Waals surface area (Å²) < 4.78 is 5.67. The molecule has 3 N–H and O–H groups in total. The first-order valence-electron chi connectivity index (χ1n) is 7.38. The Morgan fingerprint density at radius 3 is 2.95 bits per heavy atom. The average Bonchev–Trinajstić information content (AvgIpc) is 2.40. The molecule has 5 nitrogen and oxygen atoms in total. The molecule has 1 saturated heterocycles. The molecule has 0 bridgehead atoms. The van der Waals surface area contributed by atoms with Gasteiger partial charge in [0.1, 0.15) is 0 Å². The van der Waals surface area contributed by atoms with Gasteiger partial charge < -0.3 is 15.8 Å². The molecule has 1 aliphatic heterocycles. The molecule has 1 fully saturated rings. The molecular weight excluding hydrogens is 266 g/mol. The quantitative estimate of drug-likeness (QED) is 0.833. The van der Waals surface area contributed by atoms with Crippen molar-refractivity contribution in [3.05, 3.63) is 23.8 Å². The molecule has 5 heteroatoms. The fourth-order valence-corrected chi connectivity index (χ4v) is 2.55. The first-order valence-corrected chi connectivity index (χ1v) is 7.38. The van der Waals surface area contributed by atoms with Crippen molar-refractivity contribution >= 4 is 17.3 Å². The topological polar surface area (TPSA) is 67.6 Å². The van der Waals surface area contributed by atoms with E-state index in [-0.39, 0.29) is 11.5 Å². The predicted octanol–water partition coefficient (Wildman–Crippen LogP) is 2.02. The fourth-order valence-electron chi connectivity index (χ4n) is 2.55. The Balaban J connectivity index is 1.83. The lowest BCUT2D eigenvalue weighted by atomic mass is 10.1. The molecule has 0 radical (unpaired) electrons. The van der Waals surface area contributed by atoms with Crippen molar-refractivity contribution < 1.29 is 9.53 Å². The van der Waals surface area contributed by atoms with Crippen LogP contribution < -0.4 is 11.1 Å². The van der Waals surface area contributed by atoms with Crippen LogP contribution in [0.2, 0.25) is 0 Å². The number of carbonyl (C=O) groups excluding carboxylic acids is 1. The van der Waals surface area contributed by atoms with Crippen molar-refractivity contribution in [3.63, 3.8) is 0 Å². The van der Waals surface area contributed by atoms with Gasteiger partial charge >= 0.3 is 0 Å². The van der Waals surface area contributed by atoms with E-state index in [1.165, 1.54) is 0 Å². The first kappa shape index (κ1) is 15.8. The Bertz CT molecular complexity index is 514. The van der Waals surface area contributed by atoms with Crippen LogP contribution in [0.25, 0.3) is 0 Å². The molecule has 1 aromatic rings. The lowest BCUT2D eigenvalue weighted by molar-refractivity contribution is -0.118. The monoisotopic (exact) mass is 291 g/mol. The largest absolute Gasteiger partial charge is 0.399 e. The van der Waals surface area contributed by atoms with Crippen LogP contribution >= 0.6 is 0 Å². The van der Waals surface area contributed by atoms with Crippen LogP contribution in [0.5, 0.6) is 0 Å². The smallest absolute Gasteiger partial charge is 0.225 e. The van der Waals surface area contributed by atoms with Crippen molar-refractivity contribution in [2.75, 3.05) is 37.3 Å². The van der Waals surface area contributed by atoms with Gasteiger partial charge in [0.2, 0.25) is 5.91 Å². The molecule has 1 aromatic carbocycles. The molecule has 0 atom stereocenters. The van der Waals surface area contributed by atoms with Gasteiger partial charge in [-0.3, -0.25) is 9.69 Å². The maximum Gasteiger partial charge on any atom is 0.225 e. The van der Waals surface area contributed by atoms with Gasteiger partial charge in [0, 0.05) is 37.4 Å². The maximum atomic E-state index is 12.1. The maximum absolute atomic E-state index is 12.1. The van der Waals surface area contributed by atoms with Crippen molar-refractivity contribution in [2.45, 2.75) is 32.8 Å². The van der Waals surface area contributed by atoms with E-state index in [0.29, 0.717) is 12.1 Å². The minimum Gasteiger partial charge on any atom is -0.399 e. The molecule has 0 aromatic heterocycles. The number of amides is 1. The third kappa shape index (κ3) is 4.72. The number of nitrogens with zero attached hydrogens (tertiary/aromatic N) is 1. The SMILES string of the molecule is Cc1ccc(N)cc1NC(=O)CCN1CCOC(C)(C)C1. The first-order chi connectivity index (χ1) is 9.85. The number of nitrogens with one attached hydrogen (secondary N) is 1. The average molecular weight is 291 g/mol. The molecule has 0 aliphatic carbocycles. The molecule has 21 heavy (non-hydrogen) atoms. The second-order valence-corrected chi connectivity index (χ2v) is 6.26. The van der Waals surface area contributed by atoms with Crippen molar-refractivity contribution in [3.8, 4) is 0 Å². The highest BCUT2D eigenvalue weighted by atomic mass is 16.5. The van der Waals surface area contributed by atoms with Gasteiger partial charge in [-0.1, -0.05) is 6.07 Å². The summed E-state index contributed by atoms with van der Waals surface area (Å²) in [6.07, 6.45) is 0.477. The van der Waals surface area contributed by atoms with E-state index in [1.807, 2.05) is 19.1 Å². The van der Waals surface area contributed by atoms with Crippen LogP contribution in [0.3, 0.4) is 0 Å². The van der Waals surface area contributed by atoms with Crippen LogP contribution in [0.4, 0.5) is 11.4 Å². The zero-order chi connectivity index (χ0) is 15.5. The second kappa shape index (κ2) is 6.45. The Labute approximate surface area is 126 Å². The number of hydrogen-bond acceptors (Lipinski definition) is 4. The molecule has 0 unspecified atom stereocenters. The molecule has 1 amide bonds. The lowest BCUT2D eigenvalue weighted by Gasteiger charge is -2.38. The van der Waals surface area contributed by atoms with E-state index < -0.39 is 0 Å². The zero-order valence-electron chi connectivity index (χ0n) is 13.1. The van der Waals surface area contributed by atoms with Crippen LogP contribution in [-0.2, 0) is 9.53 Å². The van der Waals surface area contributed by atoms with Crippen molar-refractivity contribution in [1.29, 1.82) is 0 Å². The van der Waals surface area contributed by atoms with E-state index in [1.54, 1.807) is 6.07 Å². The number of anilines is 2. The number of ether oxygens (including phenoxy) is 1. The van der Waals surface area contributed by atoms with Crippen molar-refractivity contribution in [2.24, 2.45) is 0 Å². The molecule has 2 rings (SSSR count). The Morgan fingerprint density at radius 1 is 1.48 bits per heavy atom. The Morgan fingerprint density at radius 2 is 2.24 bits per heavy atom. The summed E-state index contributed by atoms with van der Waals surface area (Å²) in [6.45, 7) is 9.33. The summed E-state index contributed by atoms with van der Waals surface area (Å²) in [6, 6.07) is 5.54. The highest BCUT2D eigenvalue weighted by Crippen LogP contribution is 2.19. The molecule has 0 spiro atoms. The summed E-state index contributed by atoms with van der Waals surface area (Å²) in [5.41, 5.74) is 8.10. The van der Waals surface area contributed by atoms with E-state index in [0.717, 1.165) is 37.5 Å². The molecular formula is C16H25N3O2. The van der Waals surface area contributed by atoms with Gasteiger partial charge in [0.15, 0.2) is 0 Å². The molecule has 1 heterocycles. The summed E-state index contributed by atoms with van der Waals surface area (Å²) in [7, 11) is 0. The second-order valence-electron chi connectivity index (χ2n) is 6.26. The van der Waals surface area contributed by atoms with Gasteiger partial charge in [-0.15, -0.1) is 0 Å². The predicted molar refractivity (Wildman–Crippen MR) is 85.3 cm³/mol. The van der Waals surface area contributed by atoms with Gasteiger partial charge in [-0.05, 0) is 38.5 Å². The van der Waals surface area contributed by atoms with E-state index >= 15 is 0 Å². The van der Waals surface area contributed by atoms with E-state index in [9.17, 15) is 4.79 Å². The highest BCUT2D eigenvalue weighted by molar-refractivity contribution is 5.92.